The van der Waals surface area contributed by atoms with Gasteiger partial charge in [-0.25, -0.2) is 14.8 Å². The number of pyridine rings is 1. The molecule has 0 amide bonds. The predicted molar refractivity (Wildman–Crippen MR) is 123 cm³/mol. The summed E-state index contributed by atoms with van der Waals surface area (Å²) in [5.41, 5.74) is 2.33. The van der Waals surface area contributed by atoms with Gasteiger partial charge in [-0.1, -0.05) is 6.07 Å². The molecule has 2 aliphatic rings. The zero-order valence-electron chi connectivity index (χ0n) is 18.7. The first-order chi connectivity index (χ1) is 15.8. The maximum Gasteiger partial charge on any atom is 0.356 e. The highest BCUT2D eigenvalue weighted by Crippen LogP contribution is 2.46. The number of aromatic nitrogens is 3. The first-order valence-corrected chi connectivity index (χ1v) is 10.9. The number of nitrogens with zero attached hydrogens (tertiary/aromatic N) is 5. The van der Waals surface area contributed by atoms with Crippen molar-refractivity contribution in [2.24, 2.45) is 18.9 Å². The molecule has 9 nitrogen and oxygen atoms in total. The highest BCUT2D eigenvalue weighted by atomic mass is 16.4. The molecule has 2 N–H and O–H groups in total. The molecule has 0 radical (unpaired) electrons. The highest BCUT2D eigenvalue weighted by molar-refractivity contribution is 5.92. The van der Waals surface area contributed by atoms with E-state index in [9.17, 15) is 14.7 Å². The van der Waals surface area contributed by atoms with E-state index in [0.717, 1.165) is 24.2 Å². The van der Waals surface area contributed by atoms with Gasteiger partial charge in [0.05, 0.1) is 22.6 Å². The molecule has 3 atom stereocenters. The van der Waals surface area contributed by atoms with E-state index in [4.69, 9.17) is 10.2 Å². The summed E-state index contributed by atoms with van der Waals surface area (Å²) in [5.74, 6) is 0.851. The van der Waals surface area contributed by atoms with Gasteiger partial charge < -0.3 is 15.3 Å². The van der Waals surface area contributed by atoms with Gasteiger partial charge in [0, 0.05) is 25.7 Å². The molecule has 9 heteroatoms. The van der Waals surface area contributed by atoms with Gasteiger partial charge in [0.25, 0.3) is 5.56 Å². The van der Waals surface area contributed by atoms with Crippen LogP contribution in [-0.4, -0.2) is 38.7 Å². The van der Waals surface area contributed by atoms with E-state index in [2.05, 4.69) is 15.2 Å². The molecule has 3 unspecified atom stereocenters. The summed E-state index contributed by atoms with van der Waals surface area (Å²) < 4.78 is 1.63. The van der Waals surface area contributed by atoms with Gasteiger partial charge in [0.15, 0.2) is 5.69 Å². The summed E-state index contributed by atoms with van der Waals surface area (Å²) in [6.07, 6.45) is 1.26. The van der Waals surface area contributed by atoms with Crippen molar-refractivity contribution in [1.29, 1.82) is 5.26 Å². The number of benzene rings is 1. The monoisotopic (exact) mass is 444 g/mol. The summed E-state index contributed by atoms with van der Waals surface area (Å²) >= 11 is 0. The van der Waals surface area contributed by atoms with E-state index in [0.29, 0.717) is 34.4 Å². The fraction of sp³-hybridized carbons (Fsp3) is 0.375. The van der Waals surface area contributed by atoms with E-state index < -0.39 is 5.97 Å². The standard InChI is InChI=1S/C24H24N6O3/c1-12-6-17(13(2)26-19-5-4-16(9-25)27-21(19)23(32)33)20-18(7-12)22(31)29(3)24(28-20)30-10-14-8-15(14)11-30/h4-7,13-15,26H,8,10-11H2,1-3H3,(H,32,33). The zero-order valence-corrected chi connectivity index (χ0v) is 18.7. The SMILES string of the molecule is Cc1cc(C(C)Nc2ccc(C#N)nc2C(=O)O)c2nc(N3CC4CC4C3)n(C)c(=O)c2c1. The summed E-state index contributed by atoms with van der Waals surface area (Å²) in [6.45, 7) is 5.65. The molecule has 1 aliphatic heterocycles. The smallest absolute Gasteiger partial charge is 0.356 e. The Balaban J connectivity index is 1.59. The quantitative estimate of drug-likeness (QED) is 0.616. The predicted octanol–water partition coefficient (Wildman–Crippen LogP) is 2.84. The molecular weight excluding hydrogens is 420 g/mol. The number of carboxylic acids is 1. The molecule has 3 aromatic rings. The summed E-state index contributed by atoms with van der Waals surface area (Å²) in [6, 6.07) is 8.33. The average Bonchev–Trinajstić information content (AvgIpc) is 3.40. The number of carbonyl (C=O) groups is 1. The molecule has 33 heavy (non-hydrogen) atoms. The number of aryl methyl sites for hydroxylation is 1. The fourth-order valence-corrected chi connectivity index (χ4v) is 4.83. The minimum atomic E-state index is -1.22. The molecule has 1 aliphatic carbocycles. The first kappa shape index (κ1) is 20.9. The van der Waals surface area contributed by atoms with Crippen molar-refractivity contribution in [3.05, 3.63) is 57.1 Å². The van der Waals surface area contributed by atoms with Crippen LogP contribution in [-0.2, 0) is 7.05 Å². The van der Waals surface area contributed by atoms with E-state index in [1.807, 2.05) is 32.0 Å². The molecule has 1 saturated heterocycles. The van der Waals surface area contributed by atoms with Gasteiger partial charge in [0.1, 0.15) is 11.8 Å². The van der Waals surface area contributed by atoms with Gasteiger partial charge in [-0.3, -0.25) is 9.36 Å². The Kier molecular flexibility index (Phi) is 4.81. The van der Waals surface area contributed by atoms with Crippen molar-refractivity contribution < 1.29 is 9.90 Å². The zero-order chi connectivity index (χ0) is 23.4. The van der Waals surface area contributed by atoms with Crippen molar-refractivity contribution >= 4 is 28.5 Å². The Bertz CT molecular complexity index is 1400. The molecule has 2 fully saturated rings. The van der Waals surface area contributed by atoms with Gasteiger partial charge in [-0.15, -0.1) is 0 Å². The lowest BCUT2D eigenvalue weighted by atomic mass is 10.0. The number of hydrogen-bond donors (Lipinski definition) is 2. The number of nitriles is 1. The van der Waals surface area contributed by atoms with Crippen LogP contribution in [0.25, 0.3) is 10.9 Å². The number of fused-ring (bicyclic) bond motifs is 2. The fourth-order valence-electron chi connectivity index (χ4n) is 4.83. The second-order valence-corrected chi connectivity index (χ2v) is 9.06. The Morgan fingerprint density at radius 1 is 1.27 bits per heavy atom. The summed E-state index contributed by atoms with van der Waals surface area (Å²) in [4.78, 5) is 36.0. The molecule has 0 bridgehead atoms. The van der Waals surface area contributed by atoms with Crippen molar-refractivity contribution in [1.82, 2.24) is 14.5 Å². The van der Waals surface area contributed by atoms with Gasteiger partial charge in [-0.2, -0.15) is 5.26 Å². The average molecular weight is 444 g/mol. The van der Waals surface area contributed by atoms with Crippen LogP contribution < -0.4 is 15.8 Å². The van der Waals surface area contributed by atoms with Crippen molar-refractivity contribution in [2.45, 2.75) is 26.3 Å². The van der Waals surface area contributed by atoms with Crippen LogP contribution in [0.1, 0.15) is 46.7 Å². The molecule has 2 aromatic heterocycles. The number of rotatable bonds is 5. The lowest BCUT2D eigenvalue weighted by molar-refractivity contribution is 0.0691. The van der Waals surface area contributed by atoms with Crippen LogP contribution in [0.15, 0.2) is 29.1 Å². The largest absolute Gasteiger partial charge is 0.476 e. The molecule has 0 spiro atoms. The Hall–Kier alpha value is -3.93. The summed E-state index contributed by atoms with van der Waals surface area (Å²) in [5, 5.41) is 22.4. The number of anilines is 2. The van der Waals surface area contributed by atoms with Gasteiger partial charge in [0.2, 0.25) is 5.95 Å². The highest BCUT2D eigenvalue weighted by Gasteiger charge is 2.46. The maximum absolute atomic E-state index is 13.3. The van der Waals surface area contributed by atoms with Crippen molar-refractivity contribution in [3.8, 4) is 6.07 Å². The Morgan fingerprint density at radius 3 is 2.67 bits per heavy atom. The normalized spacial score (nSPS) is 19.8. The second-order valence-electron chi connectivity index (χ2n) is 9.06. The third kappa shape index (κ3) is 3.57. The topological polar surface area (TPSA) is 124 Å². The lowest BCUT2D eigenvalue weighted by Crippen LogP contribution is -2.31. The van der Waals surface area contributed by atoms with Crippen LogP contribution in [0.3, 0.4) is 0 Å². The number of nitrogens with one attached hydrogen (secondary N) is 1. The number of carboxylic acid groups (broad SMARTS) is 1. The number of piperidine rings is 1. The van der Waals surface area contributed by atoms with Crippen LogP contribution in [0, 0.1) is 30.1 Å². The van der Waals surface area contributed by atoms with Gasteiger partial charge in [-0.05, 0) is 55.9 Å². The molecule has 1 aromatic carbocycles. The van der Waals surface area contributed by atoms with E-state index in [-0.39, 0.29) is 23.0 Å². The molecular formula is C24H24N6O3. The lowest BCUT2D eigenvalue weighted by Gasteiger charge is -2.24. The minimum Gasteiger partial charge on any atom is -0.476 e. The molecule has 3 heterocycles. The second kappa shape index (κ2) is 7.59. The minimum absolute atomic E-state index is 0.0325. The van der Waals surface area contributed by atoms with Crippen LogP contribution in [0.2, 0.25) is 0 Å². The molecule has 1 saturated carbocycles. The van der Waals surface area contributed by atoms with Crippen molar-refractivity contribution in [3.63, 3.8) is 0 Å². The van der Waals surface area contributed by atoms with E-state index >= 15 is 0 Å². The first-order valence-electron chi connectivity index (χ1n) is 10.9. The van der Waals surface area contributed by atoms with Crippen molar-refractivity contribution in [2.75, 3.05) is 23.3 Å². The number of hydrogen-bond acceptors (Lipinski definition) is 7. The molecule has 168 valence electrons. The van der Waals surface area contributed by atoms with E-state index in [1.54, 1.807) is 11.6 Å². The van der Waals surface area contributed by atoms with E-state index in [1.165, 1.54) is 18.6 Å². The third-order valence-corrected chi connectivity index (χ3v) is 6.64. The van der Waals surface area contributed by atoms with Crippen LogP contribution >= 0.6 is 0 Å². The maximum atomic E-state index is 13.3. The van der Waals surface area contributed by atoms with Crippen LogP contribution in [0.5, 0.6) is 0 Å². The molecule has 5 rings (SSSR count). The Morgan fingerprint density at radius 2 is 2.00 bits per heavy atom. The number of aromatic carboxylic acids is 1. The van der Waals surface area contributed by atoms with Crippen LogP contribution in [0.4, 0.5) is 11.6 Å². The third-order valence-electron chi connectivity index (χ3n) is 6.64. The summed E-state index contributed by atoms with van der Waals surface area (Å²) in [7, 11) is 1.76. The van der Waals surface area contributed by atoms with Gasteiger partial charge >= 0.3 is 5.97 Å². The Labute approximate surface area is 190 Å².